The van der Waals surface area contributed by atoms with E-state index in [1.165, 1.54) is 13.0 Å². The van der Waals surface area contributed by atoms with Crippen LogP contribution in [-0.2, 0) is 4.74 Å². The van der Waals surface area contributed by atoms with Gasteiger partial charge in [0, 0.05) is 17.0 Å². The number of ether oxygens (including phenoxy) is 1. The van der Waals surface area contributed by atoms with Crippen LogP contribution >= 0.6 is 0 Å². The minimum atomic E-state index is -0.871. The molecule has 154 valence electrons. The Labute approximate surface area is 174 Å². The molecular weight excluding hydrogens is 385 g/mol. The lowest BCUT2D eigenvalue weighted by Crippen LogP contribution is -2.19. The molecule has 0 spiro atoms. The number of hydrogen-bond acceptors (Lipinski definition) is 1. The summed E-state index contributed by atoms with van der Waals surface area (Å²) in [5, 5.41) is 0. The van der Waals surface area contributed by atoms with Crippen LogP contribution in [-0.4, -0.2) is 6.61 Å². The summed E-state index contributed by atoms with van der Waals surface area (Å²) in [6.45, 7) is 5.93. The van der Waals surface area contributed by atoms with Gasteiger partial charge in [-0.3, -0.25) is 0 Å². The normalized spacial score (nSPS) is 18.9. The molecule has 30 heavy (non-hydrogen) atoms. The van der Waals surface area contributed by atoms with Crippen molar-refractivity contribution in [2.24, 2.45) is 5.92 Å². The Morgan fingerprint density at radius 3 is 2.13 bits per heavy atom. The van der Waals surface area contributed by atoms with E-state index in [9.17, 15) is 13.2 Å². The van der Waals surface area contributed by atoms with Gasteiger partial charge in [-0.15, -0.1) is 6.58 Å². The van der Waals surface area contributed by atoms with Crippen molar-refractivity contribution < 1.29 is 17.9 Å². The number of benzene rings is 3. The zero-order valence-corrected chi connectivity index (χ0v) is 16.8. The molecule has 0 amide bonds. The monoisotopic (exact) mass is 408 g/mol. The number of hydrogen-bond donors (Lipinski definition) is 0. The van der Waals surface area contributed by atoms with Crippen molar-refractivity contribution in [3.63, 3.8) is 0 Å². The van der Waals surface area contributed by atoms with Gasteiger partial charge in [0.25, 0.3) is 0 Å². The van der Waals surface area contributed by atoms with Crippen molar-refractivity contribution in [1.29, 1.82) is 0 Å². The van der Waals surface area contributed by atoms with E-state index in [-0.39, 0.29) is 23.0 Å². The molecule has 2 atom stereocenters. The fourth-order valence-corrected chi connectivity index (χ4v) is 3.88. The molecule has 3 aromatic carbocycles. The zero-order valence-electron chi connectivity index (χ0n) is 16.8. The molecule has 1 nitrogen and oxygen atoms in total. The average molecular weight is 408 g/mol. The van der Waals surface area contributed by atoms with E-state index in [2.05, 4.69) is 6.58 Å². The fraction of sp³-hybridized carbons (Fsp3) is 0.231. The van der Waals surface area contributed by atoms with Crippen LogP contribution in [0.15, 0.2) is 67.3 Å². The lowest BCUT2D eigenvalue weighted by atomic mass is 9.93. The summed E-state index contributed by atoms with van der Waals surface area (Å²) in [4.78, 5) is 0. The zero-order chi connectivity index (χ0) is 21.3. The largest absolute Gasteiger partial charge is 0.373 e. The van der Waals surface area contributed by atoms with Gasteiger partial charge in [0.1, 0.15) is 5.82 Å². The van der Waals surface area contributed by atoms with Crippen LogP contribution < -0.4 is 0 Å². The van der Waals surface area contributed by atoms with E-state index in [4.69, 9.17) is 4.74 Å². The first-order valence-corrected chi connectivity index (χ1v) is 10.1. The van der Waals surface area contributed by atoms with Crippen molar-refractivity contribution in [2.75, 3.05) is 6.61 Å². The van der Waals surface area contributed by atoms with Crippen LogP contribution in [0.2, 0.25) is 0 Å². The summed E-state index contributed by atoms with van der Waals surface area (Å²) in [7, 11) is 0. The summed E-state index contributed by atoms with van der Waals surface area (Å²) in [5.41, 5.74) is 2.95. The number of aryl methyl sites for hydroxylation is 1. The van der Waals surface area contributed by atoms with E-state index in [0.717, 1.165) is 18.4 Å². The van der Waals surface area contributed by atoms with Gasteiger partial charge in [-0.25, -0.2) is 13.2 Å². The van der Waals surface area contributed by atoms with Crippen LogP contribution in [0.5, 0.6) is 0 Å². The van der Waals surface area contributed by atoms with Crippen LogP contribution in [0.25, 0.3) is 22.3 Å². The highest BCUT2D eigenvalue weighted by Gasteiger charge is 2.22. The molecule has 1 aliphatic rings. The van der Waals surface area contributed by atoms with Gasteiger partial charge in [-0.05, 0) is 48.1 Å². The molecule has 0 N–H and O–H groups in total. The Balaban J connectivity index is 1.56. The van der Waals surface area contributed by atoms with Gasteiger partial charge in [0.2, 0.25) is 0 Å². The average Bonchev–Trinajstić information content (AvgIpc) is 2.78. The summed E-state index contributed by atoms with van der Waals surface area (Å²) in [6.07, 6.45) is 3.62. The molecule has 4 rings (SSSR count). The minimum Gasteiger partial charge on any atom is -0.373 e. The molecule has 1 aliphatic heterocycles. The second-order valence-corrected chi connectivity index (χ2v) is 7.77. The fourth-order valence-electron chi connectivity index (χ4n) is 3.88. The predicted octanol–water partition coefficient (Wildman–Crippen LogP) is 7.40. The van der Waals surface area contributed by atoms with Crippen LogP contribution in [0.4, 0.5) is 13.2 Å². The topological polar surface area (TPSA) is 9.23 Å². The molecule has 0 radical (unpaired) electrons. The SMILES string of the molecule is C=CC1CCC(c2ccc(-c3ccc(-c4ccc(C)c(F)c4F)cc3)c(F)c2)OC1. The Morgan fingerprint density at radius 2 is 1.53 bits per heavy atom. The maximum absolute atomic E-state index is 14.8. The van der Waals surface area contributed by atoms with E-state index in [0.29, 0.717) is 29.2 Å². The third kappa shape index (κ3) is 3.92. The standard InChI is InChI=1S/C26H23F3O/c1-3-17-5-13-24(30-15-17)20-10-12-21(23(27)14-20)18-6-8-19(9-7-18)22-11-4-16(2)25(28)26(22)29/h3-4,6-12,14,17,24H,1,5,13,15H2,2H3. The van der Waals surface area contributed by atoms with E-state index in [1.54, 1.807) is 42.5 Å². The first-order valence-electron chi connectivity index (χ1n) is 10.1. The Bertz CT molecular complexity index is 1060. The molecule has 0 bridgehead atoms. The molecule has 1 heterocycles. The van der Waals surface area contributed by atoms with Crippen LogP contribution in [0.1, 0.15) is 30.1 Å². The van der Waals surface area contributed by atoms with Gasteiger partial charge in [0.15, 0.2) is 11.6 Å². The van der Waals surface area contributed by atoms with Gasteiger partial charge in [-0.2, -0.15) is 0 Å². The van der Waals surface area contributed by atoms with Crippen LogP contribution in [0.3, 0.4) is 0 Å². The van der Waals surface area contributed by atoms with E-state index < -0.39 is 11.6 Å². The summed E-state index contributed by atoms with van der Waals surface area (Å²) >= 11 is 0. The second kappa shape index (κ2) is 8.49. The highest BCUT2D eigenvalue weighted by Crippen LogP contribution is 2.34. The van der Waals surface area contributed by atoms with Crippen LogP contribution in [0, 0.1) is 30.3 Å². The number of rotatable bonds is 4. The molecule has 0 aromatic heterocycles. The predicted molar refractivity (Wildman–Crippen MR) is 114 cm³/mol. The lowest BCUT2D eigenvalue weighted by Gasteiger charge is -2.27. The maximum atomic E-state index is 14.8. The van der Waals surface area contributed by atoms with Crippen molar-refractivity contribution in [3.05, 3.63) is 95.8 Å². The summed E-state index contributed by atoms with van der Waals surface area (Å²) < 4.78 is 48.8. The molecular formula is C26H23F3O. The molecule has 0 saturated carbocycles. The number of halogens is 3. The van der Waals surface area contributed by atoms with Crippen molar-refractivity contribution in [3.8, 4) is 22.3 Å². The Kier molecular flexibility index (Phi) is 5.78. The van der Waals surface area contributed by atoms with Gasteiger partial charge in [-0.1, -0.05) is 54.6 Å². The van der Waals surface area contributed by atoms with E-state index in [1.807, 2.05) is 12.1 Å². The molecule has 1 fully saturated rings. The minimum absolute atomic E-state index is 0.105. The third-order valence-corrected chi connectivity index (χ3v) is 5.79. The smallest absolute Gasteiger partial charge is 0.166 e. The molecule has 4 heteroatoms. The quantitative estimate of drug-likeness (QED) is 0.409. The molecule has 0 aliphatic carbocycles. The van der Waals surface area contributed by atoms with Crippen molar-refractivity contribution >= 4 is 0 Å². The summed E-state index contributed by atoms with van der Waals surface area (Å²) in [6, 6.07) is 15.0. The van der Waals surface area contributed by atoms with Gasteiger partial charge < -0.3 is 4.74 Å². The highest BCUT2D eigenvalue weighted by atomic mass is 19.2. The first kappa shape index (κ1) is 20.4. The second-order valence-electron chi connectivity index (χ2n) is 7.77. The van der Waals surface area contributed by atoms with Gasteiger partial charge in [0.05, 0.1) is 12.7 Å². The Morgan fingerprint density at radius 1 is 0.867 bits per heavy atom. The molecule has 3 aromatic rings. The maximum Gasteiger partial charge on any atom is 0.166 e. The van der Waals surface area contributed by atoms with Crippen molar-refractivity contribution in [2.45, 2.75) is 25.9 Å². The Hall–Kier alpha value is -2.85. The summed E-state index contributed by atoms with van der Waals surface area (Å²) in [5.74, 6) is -1.69. The van der Waals surface area contributed by atoms with Gasteiger partial charge >= 0.3 is 0 Å². The third-order valence-electron chi connectivity index (χ3n) is 5.79. The highest BCUT2D eigenvalue weighted by molar-refractivity contribution is 5.71. The van der Waals surface area contributed by atoms with Crippen molar-refractivity contribution in [1.82, 2.24) is 0 Å². The first-order chi connectivity index (χ1) is 14.5. The molecule has 1 saturated heterocycles. The lowest BCUT2D eigenvalue weighted by molar-refractivity contribution is -0.00528. The van der Waals surface area contributed by atoms with E-state index >= 15 is 0 Å². The molecule has 2 unspecified atom stereocenters.